The van der Waals surface area contributed by atoms with Crippen LogP contribution in [0.25, 0.3) is 0 Å². The molecule has 0 bridgehead atoms. The highest BCUT2D eigenvalue weighted by atomic mass is 19.1. The molecule has 0 radical (unpaired) electrons. The number of pyridine rings is 1. The van der Waals surface area contributed by atoms with Crippen LogP contribution < -0.4 is 10.1 Å². The summed E-state index contributed by atoms with van der Waals surface area (Å²) in [6.07, 6.45) is 3.48. The van der Waals surface area contributed by atoms with E-state index in [1.165, 1.54) is 19.4 Å². The molecule has 1 aliphatic heterocycles. The second-order valence-corrected chi connectivity index (χ2v) is 6.82. The summed E-state index contributed by atoms with van der Waals surface area (Å²) in [4.78, 5) is 18.3. The number of methoxy groups -OCH3 is 1. The van der Waals surface area contributed by atoms with E-state index in [0.717, 1.165) is 43.9 Å². The summed E-state index contributed by atoms with van der Waals surface area (Å²) in [5.41, 5.74) is 1.40. The van der Waals surface area contributed by atoms with E-state index in [1.807, 2.05) is 6.07 Å². The van der Waals surface area contributed by atoms with Crippen LogP contribution in [0.3, 0.4) is 0 Å². The quantitative estimate of drug-likeness (QED) is 0.734. The zero-order valence-corrected chi connectivity index (χ0v) is 16.3. The zero-order valence-electron chi connectivity index (χ0n) is 16.3. The van der Waals surface area contributed by atoms with Gasteiger partial charge in [-0.25, -0.2) is 14.2 Å². The highest BCUT2D eigenvalue weighted by Crippen LogP contribution is 2.21. The van der Waals surface area contributed by atoms with E-state index in [0.29, 0.717) is 18.2 Å². The normalized spacial score (nSPS) is 15.2. The lowest BCUT2D eigenvalue weighted by molar-refractivity contribution is 0.0526. The number of hydrogen-bond donors (Lipinski definition) is 1. The first-order valence-electron chi connectivity index (χ1n) is 9.53. The molecule has 0 saturated carbocycles. The van der Waals surface area contributed by atoms with E-state index >= 15 is 0 Å². The van der Waals surface area contributed by atoms with Crippen LogP contribution in [0.1, 0.15) is 35.7 Å². The average molecular weight is 387 g/mol. The van der Waals surface area contributed by atoms with Gasteiger partial charge in [0.25, 0.3) is 0 Å². The van der Waals surface area contributed by atoms with E-state index < -0.39 is 0 Å². The zero-order chi connectivity index (χ0) is 19.9. The lowest BCUT2D eigenvalue weighted by atomic mass is 10.0. The highest BCUT2D eigenvalue weighted by molar-refractivity contribution is 5.89. The molecule has 150 valence electrons. The fourth-order valence-electron chi connectivity index (χ4n) is 3.33. The summed E-state index contributed by atoms with van der Waals surface area (Å²) in [5.74, 6) is 0.343. The summed E-state index contributed by atoms with van der Waals surface area (Å²) in [6, 6.07) is 8.97. The van der Waals surface area contributed by atoms with Gasteiger partial charge in [-0.3, -0.25) is 4.90 Å². The molecular weight excluding hydrogens is 361 g/mol. The lowest BCUT2D eigenvalue weighted by Gasteiger charge is -2.32. The predicted molar refractivity (Wildman–Crippen MR) is 105 cm³/mol. The maximum absolute atomic E-state index is 13.8. The van der Waals surface area contributed by atoms with Gasteiger partial charge in [-0.1, -0.05) is 6.07 Å². The van der Waals surface area contributed by atoms with Gasteiger partial charge in [0.2, 0.25) is 0 Å². The van der Waals surface area contributed by atoms with Crippen LogP contribution in [0.2, 0.25) is 0 Å². The fraction of sp³-hybridized carbons (Fsp3) is 0.429. The number of nitrogens with one attached hydrogen (secondary N) is 1. The van der Waals surface area contributed by atoms with Gasteiger partial charge in [-0.15, -0.1) is 0 Å². The SMILES string of the molecule is CCOC(=O)c1ccc(NC2CCN(Cc3ccc(OC)c(F)c3)CC2)nc1. The Kier molecular flexibility index (Phi) is 6.81. The van der Waals surface area contributed by atoms with Crippen molar-refractivity contribution in [3.63, 3.8) is 0 Å². The first-order chi connectivity index (χ1) is 13.6. The van der Waals surface area contributed by atoms with Crippen LogP contribution in [0.5, 0.6) is 5.75 Å². The van der Waals surface area contributed by atoms with E-state index in [4.69, 9.17) is 9.47 Å². The minimum Gasteiger partial charge on any atom is -0.494 e. The lowest BCUT2D eigenvalue weighted by Crippen LogP contribution is -2.38. The van der Waals surface area contributed by atoms with E-state index in [9.17, 15) is 9.18 Å². The second kappa shape index (κ2) is 9.50. The monoisotopic (exact) mass is 387 g/mol. The Morgan fingerprint density at radius 1 is 1.29 bits per heavy atom. The van der Waals surface area contributed by atoms with Crippen molar-refractivity contribution >= 4 is 11.8 Å². The molecule has 2 heterocycles. The summed E-state index contributed by atoms with van der Waals surface area (Å²) < 4.78 is 23.8. The topological polar surface area (TPSA) is 63.7 Å². The molecule has 2 aromatic rings. The van der Waals surface area contributed by atoms with Crippen molar-refractivity contribution in [2.45, 2.75) is 32.4 Å². The minimum atomic E-state index is -0.357. The van der Waals surface area contributed by atoms with Crippen LogP contribution in [-0.2, 0) is 11.3 Å². The van der Waals surface area contributed by atoms with Crippen LogP contribution in [0.15, 0.2) is 36.5 Å². The molecule has 28 heavy (non-hydrogen) atoms. The Hall–Kier alpha value is -2.67. The molecule has 6 nitrogen and oxygen atoms in total. The van der Waals surface area contributed by atoms with E-state index in [1.54, 1.807) is 25.1 Å². The van der Waals surface area contributed by atoms with Crippen molar-refractivity contribution in [1.82, 2.24) is 9.88 Å². The van der Waals surface area contributed by atoms with Gasteiger partial charge in [0, 0.05) is 31.9 Å². The predicted octanol–water partition coefficient (Wildman–Crippen LogP) is 3.48. The molecule has 7 heteroatoms. The Bertz CT molecular complexity index is 790. The van der Waals surface area contributed by atoms with Gasteiger partial charge >= 0.3 is 5.97 Å². The number of halogens is 1. The summed E-state index contributed by atoms with van der Waals surface area (Å²) in [6.45, 7) is 4.69. The van der Waals surface area contributed by atoms with Crippen LogP contribution in [0.4, 0.5) is 10.2 Å². The molecule has 1 aromatic heterocycles. The minimum absolute atomic E-state index is 0.271. The van der Waals surface area contributed by atoms with Gasteiger partial charge in [-0.2, -0.15) is 0 Å². The number of ether oxygens (including phenoxy) is 2. The largest absolute Gasteiger partial charge is 0.494 e. The van der Waals surface area contributed by atoms with Gasteiger partial charge < -0.3 is 14.8 Å². The summed E-state index contributed by atoms with van der Waals surface area (Å²) in [5, 5.41) is 3.42. The summed E-state index contributed by atoms with van der Waals surface area (Å²) in [7, 11) is 1.47. The second-order valence-electron chi connectivity index (χ2n) is 6.82. The van der Waals surface area contributed by atoms with Gasteiger partial charge in [0.05, 0.1) is 19.3 Å². The van der Waals surface area contributed by atoms with Crippen LogP contribution in [-0.4, -0.2) is 48.7 Å². The third-order valence-electron chi connectivity index (χ3n) is 4.84. The Balaban J connectivity index is 1.47. The van der Waals surface area contributed by atoms with Gasteiger partial charge in [-0.05, 0) is 49.6 Å². The number of benzene rings is 1. The van der Waals surface area contributed by atoms with E-state index in [-0.39, 0.29) is 17.5 Å². The average Bonchev–Trinajstić information content (AvgIpc) is 2.70. The summed E-state index contributed by atoms with van der Waals surface area (Å²) >= 11 is 0. The van der Waals surface area contributed by atoms with Crippen molar-refractivity contribution in [3.8, 4) is 5.75 Å². The molecule has 1 N–H and O–H groups in total. The van der Waals surface area contributed by atoms with Gasteiger partial charge in [0.15, 0.2) is 11.6 Å². The number of likely N-dealkylation sites (tertiary alicyclic amines) is 1. The van der Waals surface area contributed by atoms with E-state index in [2.05, 4.69) is 15.2 Å². The number of aromatic nitrogens is 1. The van der Waals surface area contributed by atoms with Crippen LogP contribution in [0, 0.1) is 5.82 Å². The molecule has 1 fully saturated rings. The number of hydrogen-bond acceptors (Lipinski definition) is 6. The number of carbonyl (C=O) groups excluding carboxylic acids is 1. The van der Waals surface area contributed by atoms with Crippen molar-refractivity contribution < 1.29 is 18.7 Å². The first-order valence-corrected chi connectivity index (χ1v) is 9.53. The molecule has 1 aliphatic rings. The molecule has 3 rings (SSSR count). The highest BCUT2D eigenvalue weighted by Gasteiger charge is 2.20. The molecular formula is C21H26FN3O3. The van der Waals surface area contributed by atoms with Crippen molar-refractivity contribution in [1.29, 1.82) is 0 Å². The van der Waals surface area contributed by atoms with Crippen molar-refractivity contribution in [2.75, 3.05) is 32.1 Å². The number of rotatable bonds is 7. The third kappa shape index (κ3) is 5.19. The van der Waals surface area contributed by atoms with Crippen molar-refractivity contribution in [2.24, 2.45) is 0 Å². The molecule has 0 aliphatic carbocycles. The Morgan fingerprint density at radius 2 is 2.07 bits per heavy atom. The smallest absolute Gasteiger partial charge is 0.339 e. The fourth-order valence-corrected chi connectivity index (χ4v) is 3.33. The Morgan fingerprint density at radius 3 is 2.68 bits per heavy atom. The maximum Gasteiger partial charge on any atom is 0.339 e. The Labute approximate surface area is 164 Å². The number of piperidine rings is 1. The number of esters is 1. The van der Waals surface area contributed by atoms with Crippen molar-refractivity contribution in [3.05, 3.63) is 53.5 Å². The standard InChI is InChI=1S/C21H26FN3O3/c1-3-28-21(26)16-5-7-20(23-13-16)24-17-8-10-25(11-9-17)14-15-4-6-19(27-2)18(22)12-15/h4-7,12-13,17H,3,8-11,14H2,1-2H3,(H,23,24). The van der Waals surface area contributed by atoms with Gasteiger partial charge in [0.1, 0.15) is 5.82 Å². The number of carbonyl (C=O) groups is 1. The molecule has 0 spiro atoms. The first kappa shape index (κ1) is 20.1. The molecule has 0 atom stereocenters. The third-order valence-corrected chi connectivity index (χ3v) is 4.84. The number of nitrogens with zero attached hydrogens (tertiary/aromatic N) is 2. The molecule has 1 saturated heterocycles. The number of anilines is 1. The maximum atomic E-state index is 13.8. The molecule has 1 aromatic carbocycles. The molecule has 0 amide bonds. The van der Waals surface area contributed by atoms with Crippen LogP contribution >= 0.6 is 0 Å². The molecule has 0 unspecified atom stereocenters.